The first-order chi connectivity index (χ1) is 11.0. The van der Waals surface area contributed by atoms with E-state index in [-0.39, 0.29) is 18.0 Å². The van der Waals surface area contributed by atoms with Gasteiger partial charge < -0.3 is 0 Å². The van der Waals surface area contributed by atoms with Crippen molar-refractivity contribution < 1.29 is 9.59 Å². The average molecular weight is 426 g/mol. The van der Waals surface area contributed by atoms with Gasteiger partial charge in [0, 0.05) is 22.6 Å². The van der Waals surface area contributed by atoms with Crippen molar-refractivity contribution in [3.8, 4) is 11.4 Å². The van der Waals surface area contributed by atoms with Gasteiger partial charge in [-0.2, -0.15) is 0 Å². The number of hydrogen-bond donors (Lipinski definition) is 1. The van der Waals surface area contributed by atoms with Gasteiger partial charge in [-0.3, -0.25) is 19.5 Å². The lowest BCUT2D eigenvalue weighted by atomic mass is 10.1. The third-order valence-electron chi connectivity index (χ3n) is 3.85. The molecule has 1 fully saturated rings. The number of amides is 2. The van der Waals surface area contributed by atoms with Crippen LogP contribution in [0.25, 0.3) is 11.4 Å². The van der Waals surface area contributed by atoms with Crippen LogP contribution in [0.1, 0.15) is 25.3 Å². The van der Waals surface area contributed by atoms with Gasteiger partial charge in [-0.05, 0) is 47.6 Å². The van der Waals surface area contributed by atoms with Crippen LogP contribution >= 0.6 is 22.6 Å². The molecular formula is C15H15IN4O3. The zero-order chi connectivity index (χ0) is 16.6. The Kier molecular flexibility index (Phi) is 4.33. The summed E-state index contributed by atoms with van der Waals surface area (Å²) in [6.07, 6.45) is 1.25. The quantitative estimate of drug-likeness (QED) is 0.578. The Morgan fingerprint density at radius 1 is 1.22 bits per heavy atom. The molecule has 0 aliphatic carbocycles. The molecule has 8 heteroatoms. The lowest BCUT2D eigenvalue weighted by molar-refractivity contribution is -0.131. The van der Waals surface area contributed by atoms with Crippen LogP contribution in [0.5, 0.6) is 0 Å². The molecule has 0 bridgehead atoms. The summed E-state index contributed by atoms with van der Waals surface area (Å²) in [6.45, 7) is 0. The van der Waals surface area contributed by atoms with E-state index < -0.39 is 11.9 Å². The second-order valence-electron chi connectivity index (χ2n) is 5.44. The minimum Gasteiger partial charge on any atom is -0.295 e. The lowest BCUT2D eigenvalue weighted by Gasteiger charge is -2.11. The summed E-state index contributed by atoms with van der Waals surface area (Å²) in [7, 11) is 1.62. The standard InChI is InChI=1S/C15H15IN4O3/c1-19-13(9-5-7-10(16)8-6-9)18-20(15(19)23)11-3-2-4-12(21)17-14(11)22/h5-8,11H,2-4H2,1H3,(H,17,21,22). The Hall–Kier alpha value is -1.97. The molecule has 1 aromatic heterocycles. The predicted molar refractivity (Wildman–Crippen MR) is 91.7 cm³/mol. The van der Waals surface area contributed by atoms with Crippen LogP contribution in [0, 0.1) is 3.57 Å². The first-order valence-corrected chi connectivity index (χ1v) is 8.30. The topological polar surface area (TPSA) is 86.0 Å². The molecule has 3 rings (SSSR count). The van der Waals surface area contributed by atoms with E-state index >= 15 is 0 Å². The van der Waals surface area contributed by atoms with E-state index in [1.165, 1.54) is 9.25 Å². The van der Waals surface area contributed by atoms with Gasteiger partial charge in [0.2, 0.25) is 5.91 Å². The van der Waals surface area contributed by atoms with E-state index in [0.717, 1.165) is 9.13 Å². The van der Waals surface area contributed by atoms with Crippen molar-refractivity contribution in [2.75, 3.05) is 0 Å². The largest absolute Gasteiger partial charge is 0.346 e. The molecule has 1 atom stereocenters. The monoisotopic (exact) mass is 426 g/mol. The molecule has 2 aromatic rings. The molecule has 1 aromatic carbocycles. The molecule has 1 aliphatic heterocycles. The second-order valence-corrected chi connectivity index (χ2v) is 6.68. The van der Waals surface area contributed by atoms with E-state index in [4.69, 9.17) is 0 Å². The van der Waals surface area contributed by atoms with E-state index in [9.17, 15) is 14.4 Å². The fraction of sp³-hybridized carbons (Fsp3) is 0.333. The lowest BCUT2D eigenvalue weighted by Crippen LogP contribution is -2.38. The molecule has 0 radical (unpaired) electrons. The third kappa shape index (κ3) is 3.07. The highest BCUT2D eigenvalue weighted by Gasteiger charge is 2.29. The number of hydrogen-bond acceptors (Lipinski definition) is 4. The van der Waals surface area contributed by atoms with E-state index in [1.54, 1.807) is 7.05 Å². The minimum absolute atomic E-state index is 0.286. The fourth-order valence-electron chi connectivity index (χ4n) is 2.61. The van der Waals surface area contributed by atoms with Crippen LogP contribution in [0.4, 0.5) is 0 Å². The summed E-state index contributed by atoms with van der Waals surface area (Å²) in [5, 5.41) is 6.65. The number of nitrogens with zero attached hydrogens (tertiary/aromatic N) is 3. The number of rotatable bonds is 2. The van der Waals surface area contributed by atoms with Gasteiger partial charge in [0.25, 0.3) is 5.91 Å². The van der Waals surface area contributed by atoms with Crippen LogP contribution in [0.15, 0.2) is 29.1 Å². The average Bonchev–Trinajstić information content (AvgIpc) is 2.70. The molecule has 2 amide bonds. The van der Waals surface area contributed by atoms with Gasteiger partial charge in [0.1, 0.15) is 6.04 Å². The maximum absolute atomic E-state index is 12.5. The molecule has 1 unspecified atom stereocenters. The molecule has 1 aliphatic rings. The van der Waals surface area contributed by atoms with Crippen LogP contribution in [-0.2, 0) is 16.6 Å². The molecule has 7 nitrogen and oxygen atoms in total. The highest BCUT2D eigenvalue weighted by molar-refractivity contribution is 14.1. The van der Waals surface area contributed by atoms with Crippen molar-refractivity contribution in [1.82, 2.24) is 19.7 Å². The molecule has 0 saturated carbocycles. The minimum atomic E-state index is -0.752. The maximum atomic E-state index is 12.5. The van der Waals surface area contributed by atoms with Gasteiger partial charge in [0.15, 0.2) is 5.82 Å². The van der Waals surface area contributed by atoms with E-state index in [0.29, 0.717) is 18.7 Å². The number of carbonyl (C=O) groups excluding carboxylic acids is 2. The molecule has 23 heavy (non-hydrogen) atoms. The molecule has 120 valence electrons. The van der Waals surface area contributed by atoms with Gasteiger partial charge >= 0.3 is 5.69 Å². The summed E-state index contributed by atoms with van der Waals surface area (Å²) < 4.78 is 3.68. The van der Waals surface area contributed by atoms with Gasteiger partial charge in [0.05, 0.1) is 0 Å². The Balaban J connectivity index is 2.03. The van der Waals surface area contributed by atoms with Crippen molar-refractivity contribution >= 4 is 34.4 Å². The fourth-order valence-corrected chi connectivity index (χ4v) is 2.97. The van der Waals surface area contributed by atoms with Gasteiger partial charge in [-0.25, -0.2) is 9.48 Å². The Labute approximate surface area is 145 Å². The predicted octanol–water partition coefficient (Wildman–Crippen LogP) is 1.22. The maximum Gasteiger partial charge on any atom is 0.346 e. The summed E-state index contributed by atoms with van der Waals surface area (Å²) in [4.78, 5) is 36.0. The van der Waals surface area contributed by atoms with Crippen LogP contribution in [0.3, 0.4) is 0 Å². The number of halogens is 1. The normalized spacial score (nSPS) is 18.6. The van der Waals surface area contributed by atoms with Crippen LogP contribution < -0.4 is 11.0 Å². The van der Waals surface area contributed by atoms with Gasteiger partial charge in [-0.1, -0.05) is 12.1 Å². The first kappa shape index (κ1) is 15.9. The summed E-state index contributed by atoms with van der Waals surface area (Å²) in [6, 6.07) is 6.86. The zero-order valence-corrected chi connectivity index (χ0v) is 14.6. The first-order valence-electron chi connectivity index (χ1n) is 7.22. The van der Waals surface area contributed by atoms with E-state index in [1.807, 2.05) is 24.3 Å². The highest BCUT2D eigenvalue weighted by Crippen LogP contribution is 2.20. The van der Waals surface area contributed by atoms with Crippen LogP contribution in [-0.4, -0.2) is 26.2 Å². The number of imide groups is 1. The number of nitrogens with one attached hydrogen (secondary N) is 1. The van der Waals surface area contributed by atoms with Crippen LogP contribution in [0.2, 0.25) is 0 Å². The zero-order valence-electron chi connectivity index (χ0n) is 12.5. The number of aromatic nitrogens is 3. The molecule has 1 N–H and O–H groups in total. The van der Waals surface area contributed by atoms with Gasteiger partial charge in [-0.15, -0.1) is 5.10 Å². The van der Waals surface area contributed by atoms with Crippen molar-refractivity contribution in [1.29, 1.82) is 0 Å². The van der Waals surface area contributed by atoms with Crippen molar-refractivity contribution in [3.05, 3.63) is 38.3 Å². The van der Waals surface area contributed by atoms with Crippen molar-refractivity contribution in [3.63, 3.8) is 0 Å². The second kappa shape index (κ2) is 6.26. The summed E-state index contributed by atoms with van der Waals surface area (Å²) in [5.41, 5.74) is 0.432. The molecule has 1 saturated heterocycles. The smallest absolute Gasteiger partial charge is 0.295 e. The molecular weight excluding hydrogens is 411 g/mol. The molecule has 2 heterocycles. The van der Waals surface area contributed by atoms with E-state index in [2.05, 4.69) is 33.0 Å². The summed E-state index contributed by atoms with van der Waals surface area (Å²) >= 11 is 2.20. The van der Waals surface area contributed by atoms with Crippen molar-refractivity contribution in [2.45, 2.75) is 25.3 Å². The summed E-state index contributed by atoms with van der Waals surface area (Å²) in [5.74, 6) is -0.282. The highest BCUT2D eigenvalue weighted by atomic mass is 127. The Morgan fingerprint density at radius 3 is 2.61 bits per heavy atom. The Bertz CT molecular complexity index is 822. The number of benzene rings is 1. The van der Waals surface area contributed by atoms with Crippen molar-refractivity contribution in [2.24, 2.45) is 7.05 Å². The molecule has 0 spiro atoms. The Morgan fingerprint density at radius 2 is 1.91 bits per heavy atom. The number of carbonyl (C=O) groups is 2. The SMILES string of the molecule is Cn1c(-c2ccc(I)cc2)nn(C2CCCC(=O)NC2=O)c1=O. The third-order valence-corrected chi connectivity index (χ3v) is 4.57.